The number of fused-ring (bicyclic) bond motifs is 1. The maximum absolute atomic E-state index is 4.59. The molecule has 2 heterocycles. The molecule has 0 saturated carbocycles. The molecule has 1 saturated heterocycles. The van der Waals surface area contributed by atoms with Crippen LogP contribution in [0.25, 0.3) is 22.0 Å². The van der Waals surface area contributed by atoms with Crippen molar-refractivity contribution in [2.75, 3.05) is 18.0 Å². The van der Waals surface area contributed by atoms with Crippen LogP contribution in [0, 0.1) is 0 Å². The van der Waals surface area contributed by atoms with Crippen LogP contribution < -0.4 is 4.90 Å². The van der Waals surface area contributed by atoms with E-state index < -0.39 is 0 Å². The van der Waals surface area contributed by atoms with Crippen LogP contribution in [0.2, 0.25) is 0 Å². The number of aromatic nitrogens is 2. The van der Waals surface area contributed by atoms with Gasteiger partial charge < -0.3 is 4.90 Å². The topological polar surface area (TPSA) is 29.0 Å². The molecule has 0 radical (unpaired) electrons. The molecule has 0 spiro atoms. The van der Waals surface area contributed by atoms with Gasteiger partial charge in [0.1, 0.15) is 5.69 Å². The zero-order valence-corrected chi connectivity index (χ0v) is 14.5. The van der Waals surface area contributed by atoms with Gasteiger partial charge in [-0.15, -0.1) is 10.2 Å². The molecule has 0 N–H and O–H groups in total. The summed E-state index contributed by atoms with van der Waals surface area (Å²) >= 11 is 3.49. The van der Waals surface area contributed by atoms with Crippen molar-refractivity contribution in [1.29, 1.82) is 0 Å². The molecule has 3 nitrogen and oxygen atoms in total. The highest BCUT2D eigenvalue weighted by atomic mass is 79.9. The molecule has 2 aromatic carbocycles. The standard InChI is InChI=1S/C19H18BrN3/c20-15-10-8-14(9-11-15)18-16-6-2-3-7-17(16)19(22-21-18)23-12-4-1-5-13-23/h2-3,6-11H,1,4-5,12-13H2. The van der Waals surface area contributed by atoms with Crippen LogP contribution in [-0.2, 0) is 0 Å². The van der Waals surface area contributed by atoms with Crippen LogP contribution in [0.4, 0.5) is 5.82 Å². The minimum absolute atomic E-state index is 0.953. The molecule has 116 valence electrons. The highest BCUT2D eigenvalue weighted by molar-refractivity contribution is 9.10. The Hall–Kier alpha value is -1.94. The molecule has 0 atom stereocenters. The number of benzene rings is 2. The number of hydrogen-bond acceptors (Lipinski definition) is 3. The molecule has 0 aliphatic carbocycles. The third-order valence-electron chi connectivity index (χ3n) is 4.44. The first kappa shape index (κ1) is 14.6. The minimum Gasteiger partial charge on any atom is -0.355 e. The van der Waals surface area contributed by atoms with Crippen LogP contribution in [-0.4, -0.2) is 23.3 Å². The third-order valence-corrected chi connectivity index (χ3v) is 4.97. The lowest BCUT2D eigenvalue weighted by Crippen LogP contribution is -2.30. The fourth-order valence-corrected chi connectivity index (χ4v) is 3.51. The smallest absolute Gasteiger partial charge is 0.159 e. The zero-order chi connectivity index (χ0) is 15.6. The zero-order valence-electron chi connectivity index (χ0n) is 12.9. The molecule has 4 rings (SSSR count). The SMILES string of the molecule is Brc1ccc(-c2nnc(N3CCCCC3)c3ccccc23)cc1. The van der Waals surface area contributed by atoms with E-state index in [1.54, 1.807) is 0 Å². The first-order valence-corrected chi connectivity index (χ1v) is 8.88. The predicted octanol–water partition coefficient (Wildman–Crippen LogP) is 5.05. The van der Waals surface area contributed by atoms with E-state index in [1.165, 1.54) is 30.0 Å². The van der Waals surface area contributed by atoms with Crippen LogP contribution >= 0.6 is 15.9 Å². The number of rotatable bonds is 2. The van der Waals surface area contributed by atoms with Gasteiger partial charge in [-0.3, -0.25) is 0 Å². The number of piperidine rings is 1. The van der Waals surface area contributed by atoms with Crippen molar-refractivity contribution in [3.05, 3.63) is 53.0 Å². The van der Waals surface area contributed by atoms with Crippen molar-refractivity contribution in [3.63, 3.8) is 0 Å². The Morgan fingerprint density at radius 3 is 2.22 bits per heavy atom. The molecule has 4 heteroatoms. The summed E-state index contributed by atoms with van der Waals surface area (Å²) in [6.07, 6.45) is 3.80. The van der Waals surface area contributed by atoms with Gasteiger partial charge in [-0.2, -0.15) is 0 Å². The van der Waals surface area contributed by atoms with Gasteiger partial charge in [0, 0.05) is 33.9 Å². The summed E-state index contributed by atoms with van der Waals surface area (Å²) in [6, 6.07) is 16.7. The van der Waals surface area contributed by atoms with Gasteiger partial charge in [0.2, 0.25) is 0 Å². The molecule has 1 aromatic heterocycles. The number of nitrogens with zero attached hydrogens (tertiary/aromatic N) is 3. The van der Waals surface area contributed by atoms with Crippen LogP contribution in [0.15, 0.2) is 53.0 Å². The highest BCUT2D eigenvalue weighted by Gasteiger charge is 2.17. The first-order valence-electron chi connectivity index (χ1n) is 8.09. The summed E-state index contributed by atoms with van der Waals surface area (Å²) in [7, 11) is 0. The van der Waals surface area contributed by atoms with E-state index in [0.29, 0.717) is 0 Å². The normalized spacial score (nSPS) is 15.1. The third kappa shape index (κ3) is 2.83. The van der Waals surface area contributed by atoms with Gasteiger partial charge in [0.25, 0.3) is 0 Å². The fourth-order valence-electron chi connectivity index (χ4n) is 3.25. The van der Waals surface area contributed by atoms with Crippen LogP contribution in [0.3, 0.4) is 0 Å². The molecule has 3 aromatic rings. The van der Waals surface area contributed by atoms with Crippen molar-refractivity contribution in [1.82, 2.24) is 10.2 Å². The Bertz CT molecular complexity index is 824. The second-order valence-corrected chi connectivity index (χ2v) is 6.89. The van der Waals surface area contributed by atoms with Crippen molar-refractivity contribution < 1.29 is 0 Å². The monoisotopic (exact) mass is 367 g/mol. The van der Waals surface area contributed by atoms with Crippen molar-refractivity contribution >= 4 is 32.5 Å². The predicted molar refractivity (Wildman–Crippen MR) is 98.7 cm³/mol. The Morgan fingerprint density at radius 2 is 1.48 bits per heavy atom. The lowest BCUT2D eigenvalue weighted by atomic mass is 10.0. The molecule has 0 unspecified atom stereocenters. The molecule has 23 heavy (non-hydrogen) atoms. The Kier molecular flexibility index (Phi) is 4.00. The summed E-state index contributed by atoms with van der Waals surface area (Å²) in [5.74, 6) is 1.03. The van der Waals surface area contributed by atoms with Gasteiger partial charge in [0.15, 0.2) is 5.82 Å². The van der Waals surface area contributed by atoms with Crippen LogP contribution in [0.1, 0.15) is 19.3 Å². The number of halogens is 1. The number of anilines is 1. The van der Waals surface area contributed by atoms with Gasteiger partial charge in [-0.1, -0.05) is 52.3 Å². The van der Waals surface area contributed by atoms with Crippen molar-refractivity contribution in [2.24, 2.45) is 0 Å². The summed E-state index contributed by atoms with van der Waals surface area (Å²) in [6.45, 7) is 2.16. The Labute approximate surface area is 144 Å². The van der Waals surface area contributed by atoms with Crippen molar-refractivity contribution in [3.8, 4) is 11.3 Å². The average Bonchev–Trinajstić information content (AvgIpc) is 2.62. The van der Waals surface area contributed by atoms with E-state index >= 15 is 0 Å². The molecule has 1 fully saturated rings. The largest absolute Gasteiger partial charge is 0.355 e. The maximum Gasteiger partial charge on any atom is 0.159 e. The van der Waals surface area contributed by atoms with Gasteiger partial charge >= 0.3 is 0 Å². The molecule has 0 amide bonds. The second-order valence-electron chi connectivity index (χ2n) is 5.97. The van der Waals surface area contributed by atoms with E-state index in [-0.39, 0.29) is 0 Å². The van der Waals surface area contributed by atoms with Gasteiger partial charge in [-0.05, 0) is 31.4 Å². The summed E-state index contributed by atoms with van der Waals surface area (Å²) in [4.78, 5) is 2.38. The Morgan fingerprint density at radius 1 is 0.783 bits per heavy atom. The molecule has 1 aliphatic rings. The average molecular weight is 368 g/mol. The lowest BCUT2D eigenvalue weighted by Gasteiger charge is -2.28. The van der Waals surface area contributed by atoms with Gasteiger partial charge in [-0.25, -0.2) is 0 Å². The summed E-state index contributed by atoms with van der Waals surface area (Å²) in [5, 5.41) is 11.5. The van der Waals surface area contributed by atoms with E-state index in [1.807, 2.05) is 12.1 Å². The van der Waals surface area contributed by atoms with E-state index in [2.05, 4.69) is 67.4 Å². The molecule has 1 aliphatic heterocycles. The lowest BCUT2D eigenvalue weighted by molar-refractivity contribution is 0.573. The minimum atomic E-state index is 0.953. The number of hydrogen-bond donors (Lipinski definition) is 0. The molecular formula is C19H18BrN3. The second kappa shape index (κ2) is 6.28. The Balaban J connectivity index is 1.86. The van der Waals surface area contributed by atoms with E-state index in [4.69, 9.17) is 0 Å². The summed E-state index contributed by atoms with van der Waals surface area (Å²) in [5.41, 5.74) is 2.05. The quantitative estimate of drug-likeness (QED) is 0.634. The van der Waals surface area contributed by atoms with E-state index in [9.17, 15) is 0 Å². The fraction of sp³-hybridized carbons (Fsp3) is 0.263. The highest BCUT2D eigenvalue weighted by Crippen LogP contribution is 2.32. The molecule has 0 bridgehead atoms. The van der Waals surface area contributed by atoms with Crippen LogP contribution in [0.5, 0.6) is 0 Å². The van der Waals surface area contributed by atoms with E-state index in [0.717, 1.165) is 34.6 Å². The summed E-state index contributed by atoms with van der Waals surface area (Å²) < 4.78 is 1.07. The van der Waals surface area contributed by atoms with Crippen molar-refractivity contribution in [2.45, 2.75) is 19.3 Å². The first-order chi connectivity index (χ1) is 11.3. The molecular weight excluding hydrogens is 350 g/mol. The van der Waals surface area contributed by atoms with Gasteiger partial charge in [0.05, 0.1) is 0 Å². The maximum atomic E-state index is 4.59.